The number of anilines is 2. The second-order valence-corrected chi connectivity index (χ2v) is 4.97. The number of hydrogen-bond donors (Lipinski definition) is 1. The SMILES string of the molecule is COC1(c2ccccc2)c2ccccc2Nc2nc(=O)on21. The molecule has 22 heavy (non-hydrogen) atoms. The van der Waals surface area contributed by atoms with Gasteiger partial charge in [0.05, 0.1) is 0 Å². The molecule has 1 N–H and O–H groups in total. The molecular weight excluding hydrogens is 282 g/mol. The van der Waals surface area contributed by atoms with Gasteiger partial charge in [-0.15, -0.1) is 9.72 Å². The van der Waals surface area contributed by atoms with E-state index in [1.807, 2.05) is 54.6 Å². The molecule has 0 amide bonds. The standard InChI is InChI=1S/C16H13N3O3/c1-21-16(11-7-3-2-4-8-11)12-9-5-6-10-13(12)17-14-18-15(20)22-19(14)16/h2-10H,1H3,(H,17,18,20). The zero-order valence-corrected chi connectivity index (χ0v) is 11.8. The van der Waals surface area contributed by atoms with Gasteiger partial charge in [-0.1, -0.05) is 48.5 Å². The summed E-state index contributed by atoms with van der Waals surface area (Å²) in [5.41, 5.74) is 1.43. The van der Waals surface area contributed by atoms with Crippen molar-refractivity contribution in [3.05, 3.63) is 76.3 Å². The highest BCUT2D eigenvalue weighted by Gasteiger charge is 2.45. The zero-order valence-electron chi connectivity index (χ0n) is 11.8. The van der Waals surface area contributed by atoms with Gasteiger partial charge in [0.2, 0.25) is 11.7 Å². The maximum atomic E-state index is 11.6. The molecule has 2 heterocycles. The molecule has 3 aromatic rings. The van der Waals surface area contributed by atoms with Gasteiger partial charge in [0.1, 0.15) is 0 Å². The normalized spacial score (nSPS) is 19.1. The molecule has 6 nitrogen and oxygen atoms in total. The molecule has 0 spiro atoms. The van der Waals surface area contributed by atoms with Crippen LogP contribution in [0, 0.1) is 0 Å². The van der Waals surface area contributed by atoms with Crippen molar-refractivity contribution in [2.75, 3.05) is 12.4 Å². The summed E-state index contributed by atoms with van der Waals surface area (Å²) >= 11 is 0. The van der Waals surface area contributed by atoms with E-state index in [0.29, 0.717) is 5.95 Å². The van der Waals surface area contributed by atoms with E-state index in [1.54, 1.807) is 7.11 Å². The average Bonchev–Trinajstić information content (AvgIpc) is 2.93. The molecule has 0 bridgehead atoms. The Bertz CT molecular complexity index is 885. The quantitative estimate of drug-likeness (QED) is 0.785. The van der Waals surface area contributed by atoms with Crippen molar-refractivity contribution < 1.29 is 9.26 Å². The van der Waals surface area contributed by atoms with Crippen LogP contribution in [-0.2, 0) is 10.5 Å². The first-order valence-electron chi connectivity index (χ1n) is 6.84. The van der Waals surface area contributed by atoms with Gasteiger partial charge in [0.15, 0.2) is 0 Å². The topological polar surface area (TPSA) is 69.3 Å². The Labute approximate surface area is 125 Å². The first-order valence-corrected chi connectivity index (χ1v) is 6.84. The number of para-hydroxylation sites is 1. The maximum Gasteiger partial charge on any atom is 0.461 e. The number of aromatic nitrogens is 2. The first kappa shape index (κ1) is 12.8. The minimum atomic E-state index is -1.08. The fourth-order valence-corrected chi connectivity index (χ4v) is 2.93. The minimum absolute atomic E-state index is 0.314. The maximum absolute atomic E-state index is 11.6. The number of fused-ring (bicyclic) bond motifs is 2. The molecule has 6 heteroatoms. The van der Waals surface area contributed by atoms with E-state index >= 15 is 0 Å². The molecular formula is C16H13N3O3. The Morgan fingerprint density at radius 1 is 1.14 bits per heavy atom. The summed E-state index contributed by atoms with van der Waals surface area (Å²) in [7, 11) is 1.58. The lowest BCUT2D eigenvalue weighted by Crippen LogP contribution is -2.41. The largest absolute Gasteiger partial charge is 0.461 e. The molecule has 0 radical (unpaired) electrons. The molecule has 2 aromatic carbocycles. The summed E-state index contributed by atoms with van der Waals surface area (Å²) in [5.74, 6) is -0.359. The Morgan fingerprint density at radius 2 is 1.86 bits per heavy atom. The van der Waals surface area contributed by atoms with Crippen LogP contribution in [0.1, 0.15) is 11.1 Å². The van der Waals surface area contributed by atoms with E-state index in [-0.39, 0.29) is 0 Å². The van der Waals surface area contributed by atoms with Crippen LogP contribution in [0.4, 0.5) is 11.6 Å². The Balaban J connectivity index is 2.11. The van der Waals surface area contributed by atoms with E-state index in [0.717, 1.165) is 16.8 Å². The van der Waals surface area contributed by atoms with Crippen LogP contribution in [0.3, 0.4) is 0 Å². The van der Waals surface area contributed by atoms with Crippen molar-refractivity contribution in [1.82, 2.24) is 9.72 Å². The van der Waals surface area contributed by atoms with E-state index in [2.05, 4.69) is 10.3 Å². The number of hydrogen-bond acceptors (Lipinski definition) is 5. The molecule has 0 saturated carbocycles. The summed E-state index contributed by atoms with van der Waals surface area (Å²) < 4.78 is 12.5. The van der Waals surface area contributed by atoms with Gasteiger partial charge in [0.25, 0.3) is 0 Å². The molecule has 1 aliphatic heterocycles. The Kier molecular flexibility index (Phi) is 2.67. The van der Waals surface area contributed by atoms with Crippen molar-refractivity contribution in [2.45, 2.75) is 5.72 Å². The molecule has 0 aliphatic carbocycles. The predicted molar refractivity (Wildman–Crippen MR) is 80.1 cm³/mol. The van der Waals surface area contributed by atoms with Gasteiger partial charge in [-0.05, 0) is 6.07 Å². The van der Waals surface area contributed by atoms with Crippen molar-refractivity contribution in [3.8, 4) is 0 Å². The van der Waals surface area contributed by atoms with Crippen LogP contribution in [-0.4, -0.2) is 16.8 Å². The average molecular weight is 295 g/mol. The minimum Gasteiger partial charge on any atom is -0.348 e. The number of methoxy groups -OCH3 is 1. The molecule has 1 atom stereocenters. The fourth-order valence-electron chi connectivity index (χ4n) is 2.93. The lowest BCUT2D eigenvalue weighted by Gasteiger charge is -2.37. The van der Waals surface area contributed by atoms with Crippen LogP contribution < -0.4 is 11.1 Å². The fraction of sp³-hybridized carbons (Fsp3) is 0.125. The van der Waals surface area contributed by atoms with E-state index < -0.39 is 11.5 Å². The third-order valence-electron chi connectivity index (χ3n) is 3.84. The van der Waals surface area contributed by atoms with Gasteiger partial charge in [-0.3, -0.25) is 0 Å². The summed E-state index contributed by atoms with van der Waals surface area (Å²) in [4.78, 5) is 15.5. The molecule has 1 unspecified atom stereocenters. The second kappa shape index (κ2) is 4.57. The van der Waals surface area contributed by atoms with Gasteiger partial charge < -0.3 is 14.6 Å². The Hall–Kier alpha value is -2.86. The van der Waals surface area contributed by atoms with Crippen LogP contribution >= 0.6 is 0 Å². The van der Waals surface area contributed by atoms with Gasteiger partial charge >= 0.3 is 5.76 Å². The van der Waals surface area contributed by atoms with Gasteiger partial charge in [-0.25, -0.2) is 4.79 Å². The zero-order chi connectivity index (χ0) is 15.2. The summed E-state index contributed by atoms with van der Waals surface area (Å²) in [6, 6.07) is 17.3. The summed E-state index contributed by atoms with van der Waals surface area (Å²) in [6.45, 7) is 0. The van der Waals surface area contributed by atoms with Crippen LogP contribution in [0.2, 0.25) is 0 Å². The summed E-state index contributed by atoms with van der Waals surface area (Å²) in [5, 5.41) is 3.10. The smallest absolute Gasteiger partial charge is 0.348 e. The lowest BCUT2D eigenvalue weighted by molar-refractivity contribution is -0.0603. The van der Waals surface area contributed by atoms with E-state index in [9.17, 15) is 4.79 Å². The number of nitrogens with zero attached hydrogens (tertiary/aromatic N) is 2. The Morgan fingerprint density at radius 3 is 2.64 bits per heavy atom. The van der Waals surface area contributed by atoms with Crippen LogP contribution in [0.5, 0.6) is 0 Å². The number of benzene rings is 2. The van der Waals surface area contributed by atoms with Crippen molar-refractivity contribution in [3.63, 3.8) is 0 Å². The van der Waals surface area contributed by atoms with Crippen molar-refractivity contribution >= 4 is 11.6 Å². The van der Waals surface area contributed by atoms with Crippen molar-refractivity contribution in [2.24, 2.45) is 0 Å². The van der Waals surface area contributed by atoms with E-state index in [4.69, 9.17) is 9.26 Å². The highest BCUT2D eigenvalue weighted by atomic mass is 16.6. The van der Waals surface area contributed by atoms with Crippen LogP contribution in [0.15, 0.2) is 63.9 Å². The third-order valence-corrected chi connectivity index (χ3v) is 3.84. The van der Waals surface area contributed by atoms with Gasteiger partial charge in [0, 0.05) is 23.9 Å². The molecule has 1 aromatic heterocycles. The summed E-state index contributed by atoms with van der Waals surface area (Å²) in [6.07, 6.45) is 0. The number of nitrogens with one attached hydrogen (secondary N) is 1. The number of rotatable bonds is 2. The molecule has 0 saturated heterocycles. The third kappa shape index (κ3) is 1.58. The lowest BCUT2D eigenvalue weighted by atomic mass is 9.91. The predicted octanol–water partition coefficient (Wildman–Crippen LogP) is 2.29. The monoisotopic (exact) mass is 295 g/mol. The molecule has 110 valence electrons. The van der Waals surface area contributed by atoms with Crippen LogP contribution in [0.25, 0.3) is 0 Å². The highest BCUT2D eigenvalue weighted by molar-refractivity contribution is 5.66. The van der Waals surface area contributed by atoms with Gasteiger partial charge in [-0.2, -0.15) is 0 Å². The number of ether oxygens (including phenoxy) is 1. The van der Waals surface area contributed by atoms with Crippen molar-refractivity contribution in [1.29, 1.82) is 0 Å². The first-order chi connectivity index (χ1) is 10.8. The second-order valence-electron chi connectivity index (χ2n) is 4.97. The molecule has 4 rings (SSSR count). The van der Waals surface area contributed by atoms with E-state index in [1.165, 1.54) is 4.74 Å². The molecule has 1 aliphatic rings. The molecule has 0 fully saturated rings. The highest BCUT2D eigenvalue weighted by Crippen LogP contribution is 2.44.